The summed E-state index contributed by atoms with van der Waals surface area (Å²) in [5.74, 6) is 0.485. The van der Waals surface area contributed by atoms with Gasteiger partial charge in [0.25, 0.3) is 0 Å². The van der Waals surface area contributed by atoms with Crippen LogP contribution in [0.2, 0.25) is 0 Å². The molecule has 0 fully saturated rings. The molecule has 1 atom stereocenters. The maximum Gasteiger partial charge on any atom is 0.379 e. The summed E-state index contributed by atoms with van der Waals surface area (Å²) in [6.07, 6.45) is 7.24. The highest BCUT2D eigenvalue weighted by molar-refractivity contribution is 7.54. The zero-order valence-electron chi connectivity index (χ0n) is 13.6. The number of aldehydes is 1. The minimum Gasteiger partial charge on any atom is -0.424 e. The van der Waals surface area contributed by atoms with Crippen molar-refractivity contribution in [3.8, 4) is 5.75 Å². The molecule has 0 radical (unpaired) electrons. The summed E-state index contributed by atoms with van der Waals surface area (Å²) in [5.41, 5.74) is 0.566. The smallest absolute Gasteiger partial charge is 0.379 e. The summed E-state index contributed by atoms with van der Waals surface area (Å²) in [5, 5.41) is 0. The molecule has 1 aromatic carbocycles. The van der Waals surface area contributed by atoms with Crippen LogP contribution in [0.15, 0.2) is 24.3 Å². The zero-order chi connectivity index (χ0) is 16.3. The number of unbranched alkanes of at least 4 members (excludes halogenated alkanes) is 4. The van der Waals surface area contributed by atoms with E-state index in [2.05, 4.69) is 6.92 Å². The number of carbonyl (C=O) groups is 1. The summed E-state index contributed by atoms with van der Waals surface area (Å²) in [4.78, 5) is 10.7. The van der Waals surface area contributed by atoms with E-state index in [0.29, 0.717) is 24.1 Å². The maximum atomic E-state index is 12.8. The standard InChI is InChI=1S/C17H27O4P/c1-3-5-7-8-13-20-22(19,14-6-4-2)21-17-11-9-16(15-18)10-12-17/h9-12,15H,3-8,13-14H2,1-2H3. The van der Waals surface area contributed by atoms with Crippen molar-refractivity contribution in [2.45, 2.75) is 52.4 Å². The largest absolute Gasteiger partial charge is 0.424 e. The van der Waals surface area contributed by atoms with Crippen molar-refractivity contribution < 1.29 is 18.4 Å². The first-order valence-corrected chi connectivity index (χ1v) is 9.84. The second kappa shape index (κ2) is 10.6. The lowest BCUT2D eigenvalue weighted by Crippen LogP contribution is -2.04. The van der Waals surface area contributed by atoms with Crippen LogP contribution in [0.25, 0.3) is 0 Å². The van der Waals surface area contributed by atoms with Gasteiger partial charge in [-0.05, 0) is 37.1 Å². The fraction of sp³-hybridized carbons (Fsp3) is 0.588. The molecule has 0 bridgehead atoms. The zero-order valence-corrected chi connectivity index (χ0v) is 14.5. The van der Waals surface area contributed by atoms with Crippen molar-refractivity contribution in [1.82, 2.24) is 0 Å². The van der Waals surface area contributed by atoms with Gasteiger partial charge in [-0.25, -0.2) is 4.57 Å². The quantitative estimate of drug-likeness (QED) is 0.290. The molecule has 5 heteroatoms. The number of carbonyl (C=O) groups excluding carboxylic acids is 1. The Balaban J connectivity index is 2.60. The van der Waals surface area contributed by atoms with Crippen molar-refractivity contribution in [3.05, 3.63) is 29.8 Å². The third-order valence-corrected chi connectivity index (χ3v) is 5.26. The van der Waals surface area contributed by atoms with Crippen LogP contribution < -0.4 is 4.52 Å². The molecular weight excluding hydrogens is 299 g/mol. The molecule has 0 N–H and O–H groups in total. The molecule has 0 aromatic heterocycles. The van der Waals surface area contributed by atoms with E-state index in [-0.39, 0.29) is 0 Å². The molecule has 0 saturated heterocycles. The molecule has 22 heavy (non-hydrogen) atoms. The summed E-state index contributed by atoms with van der Waals surface area (Å²) >= 11 is 0. The number of hydrogen-bond donors (Lipinski definition) is 0. The average molecular weight is 326 g/mol. The first-order chi connectivity index (χ1) is 10.6. The summed E-state index contributed by atoms with van der Waals surface area (Å²) in [6.45, 7) is 4.66. The van der Waals surface area contributed by atoms with Crippen LogP contribution in [-0.2, 0) is 9.09 Å². The molecule has 4 nitrogen and oxygen atoms in total. The lowest BCUT2D eigenvalue weighted by molar-refractivity contribution is 0.112. The van der Waals surface area contributed by atoms with Crippen molar-refractivity contribution in [3.63, 3.8) is 0 Å². The van der Waals surface area contributed by atoms with Crippen LogP contribution in [-0.4, -0.2) is 19.1 Å². The van der Waals surface area contributed by atoms with Gasteiger partial charge in [0.2, 0.25) is 0 Å². The monoisotopic (exact) mass is 326 g/mol. The average Bonchev–Trinajstić information content (AvgIpc) is 2.53. The van der Waals surface area contributed by atoms with Crippen LogP contribution in [0, 0.1) is 0 Å². The summed E-state index contributed by atoms with van der Waals surface area (Å²) in [7, 11) is -3.12. The summed E-state index contributed by atoms with van der Waals surface area (Å²) < 4.78 is 24.0. The van der Waals surface area contributed by atoms with Crippen LogP contribution in [0.1, 0.15) is 62.7 Å². The van der Waals surface area contributed by atoms with E-state index in [0.717, 1.165) is 44.8 Å². The van der Waals surface area contributed by atoms with Gasteiger partial charge in [0.1, 0.15) is 12.0 Å². The first kappa shape index (κ1) is 18.9. The highest BCUT2D eigenvalue weighted by atomic mass is 31.2. The van der Waals surface area contributed by atoms with Gasteiger partial charge in [0, 0.05) is 5.56 Å². The molecule has 0 spiro atoms. The lowest BCUT2D eigenvalue weighted by Gasteiger charge is -2.19. The van der Waals surface area contributed by atoms with Gasteiger partial charge >= 0.3 is 7.60 Å². The normalized spacial score (nSPS) is 13.5. The third-order valence-electron chi connectivity index (χ3n) is 3.33. The van der Waals surface area contributed by atoms with Gasteiger partial charge in [-0.1, -0.05) is 39.5 Å². The maximum absolute atomic E-state index is 12.8. The molecule has 1 rings (SSSR count). The van der Waals surface area contributed by atoms with Crippen LogP contribution in [0.4, 0.5) is 0 Å². The Hall–Kier alpha value is -1.12. The predicted octanol–water partition coefficient (Wildman–Crippen LogP) is 5.47. The Kier molecular flexibility index (Phi) is 9.10. The Morgan fingerprint density at radius 1 is 1.00 bits per heavy atom. The molecule has 0 aliphatic heterocycles. The summed E-state index contributed by atoms with van der Waals surface area (Å²) in [6, 6.07) is 6.60. The van der Waals surface area contributed by atoms with E-state index in [9.17, 15) is 9.36 Å². The van der Waals surface area contributed by atoms with Crippen LogP contribution >= 0.6 is 7.60 Å². The van der Waals surface area contributed by atoms with Crippen LogP contribution in [0.3, 0.4) is 0 Å². The van der Waals surface area contributed by atoms with Gasteiger partial charge in [-0.3, -0.25) is 9.32 Å². The second-order valence-electron chi connectivity index (χ2n) is 5.36. The minimum atomic E-state index is -3.12. The van der Waals surface area contributed by atoms with Gasteiger partial charge in [-0.15, -0.1) is 0 Å². The SMILES string of the molecule is CCCCCCOP(=O)(CCCC)Oc1ccc(C=O)cc1. The van der Waals surface area contributed by atoms with E-state index >= 15 is 0 Å². The lowest BCUT2D eigenvalue weighted by atomic mass is 10.2. The molecule has 0 aliphatic rings. The highest BCUT2D eigenvalue weighted by Crippen LogP contribution is 2.49. The van der Waals surface area contributed by atoms with E-state index in [1.54, 1.807) is 24.3 Å². The van der Waals surface area contributed by atoms with Crippen molar-refractivity contribution in [1.29, 1.82) is 0 Å². The molecule has 1 aromatic rings. The van der Waals surface area contributed by atoms with Gasteiger partial charge in [-0.2, -0.15) is 0 Å². The molecular formula is C17H27O4P. The minimum absolute atomic E-state index is 0.423. The van der Waals surface area contributed by atoms with E-state index in [1.807, 2.05) is 6.92 Å². The fourth-order valence-electron chi connectivity index (χ4n) is 1.99. The Morgan fingerprint density at radius 2 is 1.68 bits per heavy atom. The Labute approximate surface area is 133 Å². The highest BCUT2D eigenvalue weighted by Gasteiger charge is 2.25. The van der Waals surface area contributed by atoms with Crippen LogP contribution in [0.5, 0.6) is 5.75 Å². The van der Waals surface area contributed by atoms with E-state index in [1.165, 1.54) is 0 Å². The van der Waals surface area contributed by atoms with Gasteiger partial charge in [0.05, 0.1) is 12.8 Å². The van der Waals surface area contributed by atoms with Gasteiger partial charge < -0.3 is 4.52 Å². The van der Waals surface area contributed by atoms with E-state index in [4.69, 9.17) is 9.05 Å². The molecule has 0 amide bonds. The molecule has 124 valence electrons. The van der Waals surface area contributed by atoms with Gasteiger partial charge in [0.15, 0.2) is 0 Å². The number of benzene rings is 1. The third kappa shape index (κ3) is 7.24. The van der Waals surface area contributed by atoms with Crippen molar-refractivity contribution in [2.24, 2.45) is 0 Å². The predicted molar refractivity (Wildman–Crippen MR) is 89.9 cm³/mol. The Bertz CT molecular complexity index is 470. The Morgan fingerprint density at radius 3 is 2.27 bits per heavy atom. The molecule has 0 heterocycles. The second-order valence-corrected chi connectivity index (χ2v) is 7.47. The van der Waals surface area contributed by atoms with Crippen molar-refractivity contribution in [2.75, 3.05) is 12.8 Å². The van der Waals surface area contributed by atoms with E-state index < -0.39 is 7.60 Å². The number of hydrogen-bond acceptors (Lipinski definition) is 4. The fourth-order valence-corrected chi connectivity index (χ4v) is 3.82. The molecule has 0 aliphatic carbocycles. The molecule has 0 saturated carbocycles. The molecule has 1 unspecified atom stereocenters. The first-order valence-electron chi connectivity index (χ1n) is 8.12. The number of rotatable bonds is 12. The topological polar surface area (TPSA) is 52.6 Å². The van der Waals surface area contributed by atoms with Crippen molar-refractivity contribution >= 4 is 13.9 Å².